The van der Waals surface area contributed by atoms with Gasteiger partial charge in [-0.1, -0.05) is 12.1 Å². The Hall–Kier alpha value is -1.35. The highest BCUT2D eigenvalue weighted by molar-refractivity contribution is 5.79. The molecule has 15 heavy (non-hydrogen) atoms. The minimum Gasteiger partial charge on any atom is -0.493 e. The highest BCUT2D eigenvalue weighted by Crippen LogP contribution is 2.15. The van der Waals surface area contributed by atoms with Crippen LogP contribution in [0.5, 0.6) is 5.75 Å². The summed E-state index contributed by atoms with van der Waals surface area (Å²) >= 11 is 0. The second-order valence-corrected chi connectivity index (χ2v) is 3.29. The van der Waals surface area contributed by atoms with Crippen molar-refractivity contribution in [2.45, 2.75) is 19.3 Å². The number of hydrogen-bond acceptors (Lipinski definition) is 3. The number of aliphatic hydroxyl groups is 1. The van der Waals surface area contributed by atoms with E-state index in [1.807, 2.05) is 12.1 Å². The summed E-state index contributed by atoms with van der Waals surface area (Å²) in [6.45, 7) is 0.815. The number of rotatable bonds is 7. The van der Waals surface area contributed by atoms with Crippen molar-refractivity contribution in [3.63, 3.8) is 0 Å². The van der Waals surface area contributed by atoms with Gasteiger partial charge in [-0.15, -0.1) is 0 Å². The molecule has 1 aromatic carbocycles. The molecule has 0 unspecified atom stereocenters. The number of hydrogen-bond donors (Lipinski definition) is 1. The Morgan fingerprint density at radius 3 is 2.73 bits per heavy atom. The third-order valence-electron chi connectivity index (χ3n) is 2.11. The minimum absolute atomic E-state index is 0.227. The van der Waals surface area contributed by atoms with Crippen LogP contribution in [0.2, 0.25) is 0 Å². The number of aldehydes is 1. The molecule has 3 heteroatoms. The van der Waals surface area contributed by atoms with Gasteiger partial charge in [-0.2, -0.15) is 0 Å². The van der Waals surface area contributed by atoms with E-state index in [0.29, 0.717) is 17.9 Å². The molecule has 0 heterocycles. The first-order chi connectivity index (χ1) is 7.38. The van der Waals surface area contributed by atoms with Crippen LogP contribution in [0.4, 0.5) is 0 Å². The van der Waals surface area contributed by atoms with Gasteiger partial charge in [0.25, 0.3) is 0 Å². The monoisotopic (exact) mass is 208 g/mol. The molecule has 0 atom stereocenters. The van der Waals surface area contributed by atoms with Crippen LogP contribution in [-0.4, -0.2) is 24.6 Å². The summed E-state index contributed by atoms with van der Waals surface area (Å²) in [5.74, 6) is 0.636. The van der Waals surface area contributed by atoms with E-state index >= 15 is 0 Å². The van der Waals surface area contributed by atoms with Crippen LogP contribution in [0.3, 0.4) is 0 Å². The van der Waals surface area contributed by atoms with E-state index in [4.69, 9.17) is 9.84 Å². The van der Waals surface area contributed by atoms with Crippen molar-refractivity contribution in [2.75, 3.05) is 13.2 Å². The summed E-state index contributed by atoms with van der Waals surface area (Å²) < 4.78 is 5.46. The summed E-state index contributed by atoms with van der Waals surface area (Å²) in [5.41, 5.74) is 0.583. The Morgan fingerprint density at radius 1 is 1.20 bits per heavy atom. The number of aliphatic hydroxyl groups excluding tert-OH is 1. The molecule has 0 amide bonds. The van der Waals surface area contributed by atoms with E-state index < -0.39 is 0 Å². The van der Waals surface area contributed by atoms with Crippen molar-refractivity contribution in [3.8, 4) is 5.75 Å². The molecule has 0 saturated heterocycles. The molecule has 0 radical (unpaired) electrons. The van der Waals surface area contributed by atoms with Crippen LogP contribution < -0.4 is 4.74 Å². The maximum atomic E-state index is 10.6. The first kappa shape index (κ1) is 11.7. The predicted molar refractivity (Wildman–Crippen MR) is 58.3 cm³/mol. The van der Waals surface area contributed by atoms with Gasteiger partial charge in [0.2, 0.25) is 0 Å². The van der Waals surface area contributed by atoms with E-state index in [9.17, 15) is 4.79 Å². The number of carbonyl (C=O) groups is 1. The lowest BCUT2D eigenvalue weighted by molar-refractivity contribution is 0.111. The number of ether oxygens (including phenoxy) is 1. The first-order valence-electron chi connectivity index (χ1n) is 5.16. The van der Waals surface area contributed by atoms with E-state index in [1.165, 1.54) is 0 Å². The molecule has 0 aliphatic heterocycles. The highest BCUT2D eigenvalue weighted by Gasteiger charge is 2.00. The minimum atomic E-state index is 0.227. The van der Waals surface area contributed by atoms with Crippen LogP contribution in [-0.2, 0) is 0 Å². The fourth-order valence-electron chi connectivity index (χ4n) is 1.28. The van der Waals surface area contributed by atoms with Crippen LogP contribution in [0.25, 0.3) is 0 Å². The molecule has 82 valence electrons. The number of carbonyl (C=O) groups excluding carboxylic acids is 1. The molecule has 0 spiro atoms. The van der Waals surface area contributed by atoms with Gasteiger partial charge in [-0.3, -0.25) is 4.79 Å². The van der Waals surface area contributed by atoms with E-state index in [0.717, 1.165) is 25.5 Å². The first-order valence-corrected chi connectivity index (χ1v) is 5.16. The summed E-state index contributed by atoms with van der Waals surface area (Å²) in [6.07, 6.45) is 3.44. The largest absolute Gasteiger partial charge is 0.493 e. The van der Waals surface area contributed by atoms with Gasteiger partial charge >= 0.3 is 0 Å². The lowest BCUT2D eigenvalue weighted by Gasteiger charge is -2.07. The van der Waals surface area contributed by atoms with Crippen LogP contribution in [0.15, 0.2) is 24.3 Å². The fraction of sp³-hybridized carbons (Fsp3) is 0.417. The van der Waals surface area contributed by atoms with Crippen molar-refractivity contribution in [3.05, 3.63) is 29.8 Å². The van der Waals surface area contributed by atoms with Crippen molar-refractivity contribution in [2.24, 2.45) is 0 Å². The maximum absolute atomic E-state index is 10.6. The molecule has 1 rings (SSSR count). The molecule has 0 aliphatic rings. The third-order valence-corrected chi connectivity index (χ3v) is 2.11. The van der Waals surface area contributed by atoms with Gasteiger partial charge < -0.3 is 9.84 Å². The lowest BCUT2D eigenvalue weighted by Crippen LogP contribution is -2.00. The molecule has 0 aliphatic carbocycles. The van der Waals surface area contributed by atoms with E-state index in [1.54, 1.807) is 12.1 Å². The van der Waals surface area contributed by atoms with Gasteiger partial charge in [-0.05, 0) is 31.4 Å². The molecular weight excluding hydrogens is 192 g/mol. The standard InChI is InChI=1S/C12H16O3/c13-8-4-1-5-9-15-12-7-3-2-6-11(12)10-14/h2-3,6-7,10,13H,1,4-5,8-9H2. The average molecular weight is 208 g/mol. The molecule has 3 nitrogen and oxygen atoms in total. The zero-order valence-electron chi connectivity index (χ0n) is 8.69. The van der Waals surface area contributed by atoms with Gasteiger partial charge in [0.05, 0.1) is 12.2 Å². The molecular formula is C12H16O3. The van der Waals surface area contributed by atoms with Gasteiger partial charge in [-0.25, -0.2) is 0 Å². The predicted octanol–water partition coefficient (Wildman–Crippen LogP) is 2.04. The molecule has 0 fully saturated rings. The SMILES string of the molecule is O=Cc1ccccc1OCCCCCO. The van der Waals surface area contributed by atoms with Gasteiger partial charge in [0.1, 0.15) is 5.75 Å². The van der Waals surface area contributed by atoms with Crippen molar-refractivity contribution in [1.29, 1.82) is 0 Å². The Labute approximate surface area is 89.7 Å². The second kappa shape index (κ2) is 7.01. The second-order valence-electron chi connectivity index (χ2n) is 3.29. The molecule has 0 saturated carbocycles. The Kier molecular flexibility index (Phi) is 5.48. The van der Waals surface area contributed by atoms with Gasteiger partial charge in [0, 0.05) is 6.61 Å². The maximum Gasteiger partial charge on any atom is 0.153 e. The average Bonchev–Trinajstić information content (AvgIpc) is 2.29. The smallest absolute Gasteiger partial charge is 0.153 e. The van der Waals surface area contributed by atoms with Crippen LogP contribution in [0, 0.1) is 0 Å². The van der Waals surface area contributed by atoms with Gasteiger partial charge in [0.15, 0.2) is 6.29 Å². The van der Waals surface area contributed by atoms with Crippen molar-refractivity contribution >= 4 is 6.29 Å². The Bertz CT molecular complexity index is 297. The van der Waals surface area contributed by atoms with Crippen molar-refractivity contribution < 1.29 is 14.6 Å². The number of para-hydroxylation sites is 1. The number of benzene rings is 1. The van der Waals surface area contributed by atoms with Crippen LogP contribution in [0.1, 0.15) is 29.6 Å². The molecule has 1 aromatic rings. The summed E-state index contributed by atoms with van der Waals surface area (Å²) in [5, 5.41) is 8.58. The fourth-order valence-corrected chi connectivity index (χ4v) is 1.28. The normalized spacial score (nSPS) is 9.93. The van der Waals surface area contributed by atoms with Crippen molar-refractivity contribution in [1.82, 2.24) is 0 Å². The quantitative estimate of drug-likeness (QED) is 0.551. The number of unbranched alkanes of at least 4 members (excludes halogenated alkanes) is 2. The third kappa shape index (κ3) is 4.13. The van der Waals surface area contributed by atoms with Crippen LogP contribution >= 0.6 is 0 Å². The lowest BCUT2D eigenvalue weighted by atomic mass is 10.2. The molecule has 1 N–H and O–H groups in total. The zero-order valence-corrected chi connectivity index (χ0v) is 8.69. The summed E-state index contributed by atoms with van der Waals surface area (Å²) in [7, 11) is 0. The topological polar surface area (TPSA) is 46.5 Å². The molecule has 0 aromatic heterocycles. The zero-order chi connectivity index (χ0) is 10.9. The Morgan fingerprint density at radius 2 is 2.00 bits per heavy atom. The van der Waals surface area contributed by atoms with E-state index in [2.05, 4.69) is 0 Å². The Balaban J connectivity index is 2.33. The summed E-state index contributed by atoms with van der Waals surface area (Å²) in [4.78, 5) is 10.6. The highest BCUT2D eigenvalue weighted by atomic mass is 16.5. The van der Waals surface area contributed by atoms with E-state index in [-0.39, 0.29) is 6.61 Å². The summed E-state index contributed by atoms with van der Waals surface area (Å²) in [6, 6.07) is 7.17. The molecule has 0 bridgehead atoms.